The Bertz CT molecular complexity index is 1170. The summed E-state index contributed by atoms with van der Waals surface area (Å²) in [5.74, 6) is 2.06. The lowest BCUT2D eigenvalue weighted by molar-refractivity contribution is -0.151. The summed E-state index contributed by atoms with van der Waals surface area (Å²) in [4.78, 5) is 21.8. The highest BCUT2D eigenvalue weighted by molar-refractivity contribution is 5.79. The number of hydrogen-bond acceptors (Lipinski definition) is 6. The summed E-state index contributed by atoms with van der Waals surface area (Å²) in [6.07, 6.45) is 5.75. The van der Waals surface area contributed by atoms with Crippen LogP contribution >= 0.6 is 0 Å². The van der Waals surface area contributed by atoms with Crippen molar-refractivity contribution in [1.29, 1.82) is 0 Å². The number of benzene rings is 1. The van der Waals surface area contributed by atoms with Crippen LogP contribution in [0.4, 0.5) is 0 Å². The number of aromatic nitrogens is 1. The molecule has 1 aliphatic carbocycles. The van der Waals surface area contributed by atoms with Crippen LogP contribution in [-0.4, -0.2) is 74.8 Å². The first kappa shape index (κ1) is 23.7. The molecule has 4 heterocycles. The third-order valence-electron chi connectivity index (χ3n) is 9.76. The molecule has 6 atom stereocenters. The van der Waals surface area contributed by atoms with Gasteiger partial charge < -0.3 is 19.8 Å². The number of rotatable bonds is 4. The molecule has 1 saturated carbocycles. The minimum absolute atomic E-state index is 0.0235. The van der Waals surface area contributed by atoms with E-state index in [4.69, 9.17) is 4.74 Å². The van der Waals surface area contributed by atoms with Crippen molar-refractivity contribution < 1.29 is 19.7 Å². The van der Waals surface area contributed by atoms with E-state index in [1.165, 1.54) is 6.42 Å². The second-order valence-electron chi connectivity index (χ2n) is 11.6. The van der Waals surface area contributed by atoms with Gasteiger partial charge in [-0.25, -0.2) is 0 Å². The molecule has 3 aliphatic heterocycles. The van der Waals surface area contributed by atoms with Crippen molar-refractivity contribution in [2.24, 2.45) is 11.8 Å². The number of ether oxygens (including phenoxy) is 1. The van der Waals surface area contributed by atoms with E-state index in [0.29, 0.717) is 37.6 Å². The van der Waals surface area contributed by atoms with Crippen LogP contribution < -0.4 is 4.74 Å². The molecule has 1 spiro atoms. The molecule has 2 N–H and O–H groups in total. The van der Waals surface area contributed by atoms with E-state index in [-0.39, 0.29) is 17.7 Å². The summed E-state index contributed by atoms with van der Waals surface area (Å²) < 4.78 is 6.52. The number of nitrogens with zero attached hydrogens (tertiary/aromatic N) is 3. The zero-order chi connectivity index (χ0) is 25.2. The van der Waals surface area contributed by atoms with Gasteiger partial charge in [-0.3, -0.25) is 14.7 Å². The quantitative estimate of drug-likeness (QED) is 0.684. The molecule has 192 valence electrons. The number of fused-ring (bicyclic) bond motifs is 1. The number of pyridine rings is 1. The van der Waals surface area contributed by atoms with Crippen molar-refractivity contribution in [2.75, 3.05) is 26.2 Å². The van der Waals surface area contributed by atoms with E-state index >= 15 is 0 Å². The third-order valence-corrected chi connectivity index (χ3v) is 9.76. The molecule has 2 saturated heterocycles. The maximum absolute atomic E-state index is 13.5. The molecular formula is C29H37N3O4. The smallest absolute Gasteiger partial charge is 0.227 e. The van der Waals surface area contributed by atoms with E-state index in [2.05, 4.69) is 23.7 Å². The zero-order valence-electron chi connectivity index (χ0n) is 21.5. The fourth-order valence-electron chi connectivity index (χ4n) is 7.37. The van der Waals surface area contributed by atoms with Crippen molar-refractivity contribution >= 4 is 5.91 Å². The van der Waals surface area contributed by atoms with Crippen LogP contribution in [0.2, 0.25) is 0 Å². The lowest BCUT2D eigenvalue weighted by atomic mass is 9.56. The number of hydrogen-bond donors (Lipinski definition) is 2. The molecule has 3 fully saturated rings. The Labute approximate surface area is 213 Å². The second kappa shape index (κ2) is 8.45. The first-order valence-electron chi connectivity index (χ1n) is 13.4. The monoisotopic (exact) mass is 491 g/mol. The third kappa shape index (κ3) is 3.46. The van der Waals surface area contributed by atoms with Crippen LogP contribution in [0.15, 0.2) is 36.7 Å². The maximum atomic E-state index is 13.5. The molecular weight excluding hydrogens is 454 g/mol. The summed E-state index contributed by atoms with van der Waals surface area (Å²) in [5, 5.41) is 23.6. The molecule has 0 bridgehead atoms. The number of aryl methyl sites for hydroxylation is 1. The zero-order valence-corrected chi connectivity index (χ0v) is 21.5. The second-order valence-corrected chi connectivity index (χ2v) is 11.6. The summed E-state index contributed by atoms with van der Waals surface area (Å²) in [7, 11) is 0. The Hall–Kier alpha value is -2.64. The number of piperidine rings is 1. The molecule has 6 rings (SSSR count). The molecule has 1 aromatic heterocycles. The number of aromatic hydroxyl groups is 1. The van der Waals surface area contributed by atoms with E-state index in [9.17, 15) is 15.0 Å². The first-order chi connectivity index (χ1) is 17.2. The average molecular weight is 492 g/mol. The van der Waals surface area contributed by atoms with Gasteiger partial charge in [0.2, 0.25) is 5.91 Å². The van der Waals surface area contributed by atoms with Crippen molar-refractivity contribution in [3.63, 3.8) is 0 Å². The molecule has 2 aromatic rings. The lowest BCUT2D eigenvalue weighted by Gasteiger charge is -2.57. The van der Waals surface area contributed by atoms with Crippen molar-refractivity contribution in [3.8, 4) is 11.5 Å². The number of likely N-dealkylation sites (tertiary alicyclic amines) is 2. The largest absolute Gasteiger partial charge is 0.504 e. The highest BCUT2D eigenvalue weighted by atomic mass is 16.5. The molecule has 0 radical (unpaired) electrons. The highest BCUT2D eigenvalue weighted by Gasteiger charge is 2.68. The van der Waals surface area contributed by atoms with Crippen LogP contribution in [0, 0.1) is 18.8 Å². The van der Waals surface area contributed by atoms with Gasteiger partial charge >= 0.3 is 0 Å². The fraction of sp³-hybridized carbons (Fsp3) is 0.586. The topological polar surface area (TPSA) is 86.1 Å². The van der Waals surface area contributed by atoms with Crippen LogP contribution in [0.1, 0.15) is 49.8 Å². The summed E-state index contributed by atoms with van der Waals surface area (Å²) in [5.41, 5.74) is 1.11. The number of aliphatic hydroxyl groups is 1. The molecule has 5 unspecified atom stereocenters. The Balaban J connectivity index is 1.39. The van der Waals surface area contributed by atoms with Crippen LogP contribution in [-0.2, 0) is 16.6 Å². The van der Waals surface area contributed by atoms with Gasteiger partial charge in [-0.05, 0) is 80.8 Å². The van der Waals surface area contributed by atoms with Gasteiger partial charge in [0.25, 0.3) is 0 Å². The van der Waals surface area contributed by atoms with Gasteiger partial charge in [0.05, 0.1) is 24.0 Å². The number of carbonyl (C=O) groups is 1. The number of carbonyl (C=O) groups excluding carboxylic acids is 1. The van der Waals surface area contributed by atoms with Gasteiger partial charge in [0, 0.05) is 37.1 Å². The Kier molecular flexibility index (Phi) is 5.57. The van der Waals surface area contributed by atoms with Crippen molar-refractivity contribution in [3.05, 3.63) is 53.3 Å². The van der Waals surface area contributed by atoms with E-state index in [1.54, 1.807) is 18.5 Å². The van der Waals surface area contributed by atoms with E-state index < -0.39 is 17.1 Å². The van der Waals surface area contributed by atoms with Gasteiger partial charge in [0.1, 0.15) is 6.10 Å². The van der Waals surface area contributed by atoms with Gasteiger partial charge in [-0.1, -0.05) is 13.0 Å². The van der Waals surface area contributed by atoms with Crippen LogP contribution in [0.5, 0.6) is 11.5 Å². The average Bonchev–Trinajstić information content (AvgIpc) is 3.48. The van der Waals surface area contributed by atoms with Gasteiger partial charge in [-0.2, -0.15) is 0 Å². The molecule has 7 heteroatoms. The summed E-state index contributed by atoms with van der Waals surface area (Å²) in [6, 6.07) is 7.25. The van der Waals surface area contributed by atoms with E-state index in [0.717, 1.165) is 42.1 Å². The normalized spacial score (nSPS) is 35.3. The van der Waals surface area contributed by atoms with Crippen LogP contribution in [0.3, 0.4) is 0 Å². The van der Waals surface area contributed by atoms with Crippen LogP contribution in [0.25, 0.3) is 0 Å². The molecule has 1 amide bonds. The predicted octanol–water partition coefficient (Wildman–Crippen LogP) is 3.05. The summed E-state index contributed by atoms with van der Waals surface area (Å²) >= 11 is 0. The fourth-order valence-corrected chi connectivity index (χ4v) is 7.37. The molecule has 1 aromatic carbocycles. The molecule has 7 nitrogen and oxygen atoms in total. The number of phenols is 1. The Morgan fingerprint density at radius 1 is 1.17 bits per heavy atom. The Morgan fingerprint density at radius 2 is 1.92 bits per heavy atom. The predicted molar refractivity (Wildman–Crippen MR) is 136 cm³/mol. The van der Waals surface area contributed by atoms with Crippen molar-refractivity contribution in [1.82, 2.24) is 14.8 Å². The molecule has 4 aliphatic rings. The van der Waals surface area contributed by atoms with Gasteiger partial charge in [-0.15, -0.1) is 0 Å². The summed E-state index contributed by atoms with van der Waals surface area (Å²) in [6.45, 7) is 9.24. The minimum atomic E-state index is -1.09. The van der Waals surface area contributed by atoms with E-state index in [1.807, 2.05) is 30.0 Å². The van der Waals surface area contributed by atoms with Crippen molar-refractivity contribution in [2.45, 2.75) is 69.6 Å². The number of amides is 1. The standard InChI is InChI=1S/C29H37N3O4/c1-18-4-5-23(33)27-26(18)28-8-12-31(16-22-14-19(22)2)20(3)29(28,35)9-13-32(17-24(28)36-27)25(34)15-21-6-10-30-11-7-21/h4-7,10-11,19-20,22,24,33,35H,8-9,12-17H2,1-3H3/t19?,20?,22?,24-,28?,29?/m0/s1. The lowest BCUT2D eigenvalue weighted by Crippen LogP contribution is -2.70. The minimum Gasteiger partial charge on any atom is -0.504 e. The highest BCUT2D eigenvalue weighted by Crippen LogP contribution is 2.60. The Morgan fingerprint density at radius 3 is 2.64 bits per heavy atom. The molecule has 36 heavy (non-hydrogen) atoms. The first-order valence-corrected chi connectivity index (χ1v) is 13.4. The maximum Gasteiger partial charge on any atom is 0.227 e. The SMILES string of the molecule is Cc1ccc(O)c2c1C13CCN(CC4CC4C)C(C)C1(O)CCN(C(=O)Cc1ccncc1)C[C@@H]3O2. The number of phenolic OH excluding ortho intramolecular Hbond substituents is 1. The van der Waals surface area contributed by atoms with Gasteiger partial charge in [0.15, 0.2) is 11.5 Å².